The van der Waals surface area contributed by atoms with E-state index in [9.17, 15) is 57.9 Å². The summed E-state index contributed by atoms with van der Waals surface area (Å²) in [5, 5.41) is 26.6. The molecular formula is C33H56N7O17P3S. The molecule has 0 radical (unpaired) electrons. The number of thioether (sulfide) groups is 1. The maximum Gasteiger partial charge on any atom is 0.481 e. The number of aliphatic hydroxyl groups excluding tert-OH is 2. The third kappa shape index (κ3) is 18.1. The van der Waals surface area contributed by atoms with Crippen LogP contribution in [0, 0.1) is 5.41 Å². The smallest absolute Gasteiger partial charge is 0.386 e. The fourth-order valence-electron chi connectivity index (χ4n) is 5.65. The number of nitrogen functional groups attached to an aromatic ring is 1. The van der Waals surface area contributed by atoms with Crippen LogP contribution in [-0.2, 0) is 50.7 Å². The fourth-order valence-corrected chi connectivity index (χ4v) is 9.20. The van der Waals surface area contributed by atoms with Crippen molar-refractivity contribution in [2.45, 2.75) is 109 Å². The zero-order chi connectivity index (χ0) is 45.4. The molecule has 3 rings (SSSR count). The highest BCUT2D eigenvalue weighted by Gasteiger charge is 2.50. The minimum atomic E-state index is -5.57. The molecule has 0 bridgehead atoms. The standard InChI is InChI=1S/C33H56N7O17P3S/c1-4-5-6-7-8-9-10-11-12-13-24(42)61-17-16-35-23(41)14-15-36-31(45)28(44)33(2,3)19-54-60(51,52)57-59(49,50)53-18-22-27(56-58(46,47)48)26(43)32(55-22)40-21-39-25-29(34)37-20-38-30(25)40/h6-7,20-22,26-28,32,43-44H,4-5,8-19H2,1-3H3,(H,35,41)(H,36,45)(H,49,50)(H,51,52)(H2,34,37,38)(H2,46,47,48)/b7-6+. The first-order chi connectivity index (χ1) is 28.6. The lowest BCUT2D eigenvalue weighted by molar-refractivity contribution is -0.137. The maximum atomic E-state index is 12.7. The van der Waals surface area contributed by atoms with Gasteiger partial charge in [0.2, 0.25) is 11.8 Å². The molecule has 24 nitrogen and oxygen atoms in total. The lowest BCUT2D eigenvalue weighted by Gasteiger charge is -2.30. The zero-order valence-electron chi connectivity index (χ0n) is 33.9. The molecule has 1 aliphatic heterocycles. The number of phosphoric acid groups is 3. The van der Waals surface area contributed by atoms with Crippen LogP contribution in [0.4, 0.5) is 5.82 Å². The highest BCUT2D eigenvalue weighted by Crippen LogP contribution is 2.61. The number of unbranched alkanes of at least 4 members (excludes halogenated alkanes) is 5. The minimum absolute atomic E-state index is 0.0322. The Kier molecular flexibility index (Phi) is 21.0. The molecule has 61 heavy (non-hydrogen) atoms. The molecule has 0 saturated carbocycles. The van der Waals surface area contributed by atoms with Crippen LogP contribution >= 0.6 is 35.2 Å². The van der Waals surface area contributed by atoms with Crippen LogP contribution in [-0.4, -0.2) is 123 Å². The number of hydrogen-bond acceptors (Lipinski definition) is 18. The summed E-state index contributed by atoms with van der Waals surface area (Å²) in [5.74, 6) is -1.04. The first kappa shape index (κ1) is 52.6. The minimum Gasteiger partial charge on any atom is -0.386 e. The number of aromatic nitrogens is 4. The van der Waals surface area contributed by atoms with Crippen LogP contribution in [0.3, 0.4) is 0 Å². The number of amides is 2. The zero-order valence-corrected chi connectivity index (χ0v) is 37.4. The summed E-state index contributed by atoms with van der Waals surface area (Å²) in [6.45, 7) is 2.69. The molecule has 0 aliphatic carbocycles. The monoisotopic (exact) mass is 947 g/mol. The van der Waals surface area contributed by atoms with Crippen molar-refractivity contribution in [1.82, 2.24) is 30.2 Å². The normalized spacial score (nSPS) is 21.0. The summed E-state index contributed by atoms with van der Waals surface area (Å²) in [5.41, 5.74) is 4.28. The van der Waals surface area contributed by atoms with Crippen molar-refractivity contribution in [3.8, 4) is 0 Å². The molecule has 0 spiro atoms. The lowest BCUT2D eigenvalue weighted by Crippen LogP contribution is -2.46. The van der Waals surface area contributed by atoms with Gasteiger partial charge in [-0.15, -0.1) is 0 Å². The molecule has 2 amide bonds. The Morgan fingerprint density at radius 2 is 1.67 bits per heavy atom. The molecule has 7 unspecified atom stereocenters. The van der Waals surface area contributed by atoms with Gasteiger partial charge in [-0.05, 0) is 25.7 Å². The van der Waals surface area contributed by atoms with Gasteiger partial charge in [-0.2, -0.15) is 4.31 Å². The number of nitrogens with two attached hydrogens (primary N) is 1. The Balaban J connectivity index is 1.39. The van der Waals surface area contributed by atoms with Crippen LogP contribution < -0.4 is 16.4 Å². The van der Waals surface area contributed by atoms with E-state index >= 15 is 0 Å². The molecular weight excluding hydrogens is 891 g/mol. The van der Waals surface area contributed by atoms with Crippen molar-refractivity contribution < 1.29 is 80.5 Å². The van der Waals surface area contributed by atoms with E-state index in [4.69, 9.17) is 19.5 Å². The van der Waals surface area contributed by atoms with Gasteiger partial charge in [0.25, 0.3) is 0 Å². The maximum absolute atomic E-state index is 12.7. The van der Waals surface area contributed by atoms with Gasteiger partial charge in [0.15, 0.2) is 22.8 Å². The van der Waals surface area contributed by atoms with Gasteiger partial charge in [0.1, 0.15) is 36.3 Å². The van der Waals surface area contributed by atoms with Crippen LogP contribution in [0.15, 0.2) is 24.8 Å². The van der Waals surface area contributed by atoms with Crippen LogP contribution in [0.2, 0.25) is 0 Å². The SMILES string of the molecule is CCC/C=C/CCCCCCC(=O)SCCNC(=O)CCNC(=O)C(O)C(C)(C)COP(=O)(O)OP(=O)(O)OCC1OC(n2cnc3c(N)ncnc32)C(O)C1OP(=O)(O)O. The van der Waals surface area contributed by atoms with Crippen molar-refractivity contribution in [2.75, 3.05) is 37.8 Å². The summed E-state index contributed by atoms with van der Waals surface area (Å²) < 4.78 is 62.3. The number of allylic oxidation sites excluding steroid dienone is 2. The number of aliphatic hydroxyl groups is 2. The fraction of sp³-hybridized carbons (Fsp3) is 0.697. The van der Waals surface area contributed by atoms with Crippen molar-refractivity contribution in [1.29, 1.82) is 0 Å². The molecule has 3 heterocycles. The number of nitrogens with one attached hydrogen (secondary N) is 2. The second kappa shape index (κ2) is 24.4. The van der Waals surface area contributed by atoms with Gasteiger partial charge in [-0.3, -0.25) is 32.5 Å². The molecule has 2 aromatic rings. The van der Waals surface area contributed by atoms with E-state index in [1.54, 1.807) is 0 Å². The molecule has 7 atom stereocenters. The van der Waals surface area contributed by atoms with Crippen molar-refractivity contribution in [3.63, 3.8) is 0 Å². The Bertz CT molecular complexity index is 1940. The molecule has 2 aromatic heterocycles. The van der Waals surface area contributed by atoms with Crippen LogP contribution in [0.1, 0.15) is 84.8 Å². The Hall–Kier alpha value is -2.70. The largest absolute Gasteiger partial charge is 0.481 e. The van der Waals surface area contributed by atoms with Crippen molar-refractivity contribution >= 4 is 69.1 Å². The quantitative estimate of drug-likeness (QED) is 0.0336. The molecule has 1 saturated heterocycles. The number of ether oxygens (including phenoxy) is 1. The molecule has 28 heteroatoms. The van der Waals surface area contributed by atoms with E-state index < -0.39 is 84.6 Å². The molecule has 0 aromatic carbocycles. The number of nitrogens with zero attached hydrogens (tertiary/aromatic N) is 4. The third-order valence-corrected chi connectivity index (χ3v) is 12.9. The Morgan fingerprint density at radius 1 is 0.984 bits per heavy atom. The number of rotatable bonds is 28. The van der Waals surface area contributed by atoms with Crippen molar-refractivity contribution in [3.05, 3.63) is 24.8 Å². The van der Waals surface area contributed by atoms with Crippen LogP contribution in [0.5, 0.6) is 0 Å². The summed E-state index contributed by atoms with van der Waals surface area (Å²) in [6, 6.07) is 0. The van der Waals surface area contributed by atoms with Gasteiger partial charge in [-0.25, -0.2) is 28.6 Å². The first-order valence-corrected chi connectivity index (χ1v) is 24.8. The van der Waals surface area contributed by atoms with Crippen molar-refractivity contribution in [2.24, 2.45) is 5.41 Å². The number of hydrogen-bond donors (Lipinski definition) is 9. The number of imidazole rings is 1. The molecule has 1 aliphatic rings. The second-order valence-electron chi connectivity index (χ2n) is 14.5. The van der Waals surface area contributed by atoms with Crippen LogP contribution in [0.25, 0.3) is 11.2 Å². The summed E-state index contributed by atoms with van der Waals surface area (Å²) >= 11 is 1.14. The molecule has 10 N–H and O–H groups in total. The predicted molar refractivity (Wildman–Crippen MR) is 219 cm³/mol. The molecule has 1 fully saturated rings. The van der Waals surface area contributed by atoms with E-state index in [2.05, 4.69) is 53.5 Å². The van der Waals surface area contributed by atoms with Gasteiger partial charge in [0, 0.05) is 37.1 Å². The first-order valence-electron chi connectivity index (χ1n) is 19.3. The number of anilines is 1. The Morgan fingerprint density at radius 3 is 2.38 bits per heavy atom. The Labute approximate surface area is 356 Å². The second-order valence-corrected chi connectivity index (χ2v) is 19.9. The summed E-state index contributed by atoms with van der Waals surface area (Å²) in [4.78, 5) is 88.0. The number of fused-ring (bicyclic) bond motifs is 1. The van der Waals surface area contributed by atoms with Gasteiger partial charge in [-0.1, -0.05) is 63.9 Å². The van der Waals surface area contributed by atoms with E-state index in [1.165, 1.54) is 13.8 Å². The average molecular weight is 948 g/mol. The van der Waals surface area contributed by atoms with E-state index in [0.29, 0.717) is 12.2 Å². The topological polar surface area (TPSA) is 364 Å². The third-order valence-electron chi connectivity index (χ3n) is 8.89. The van der Waals surface area contributed by atoms with E-state index in [0.717, 1.165) is 73.9 Å². The summed E-state index contributed by atoms with van der Waals surface area (Å²) in [6.07, 6.45) is 5.20. The average Bonchev–Trinajstić information content (AvgIpc) is 3.73. The van der Waals surface area contributed by atoms with Gasteiger partial charge in [0.05, 0.1) is 19.5 Å². The number of phosphoric ester groups is 3. The predicted octanol–water partition coefficient (Wildman–Crippen LogP) is 2.36. The highest BCUT2D eigenvalue weighted by molar-refractivity contribution is 8.13. The van der Waals surface area contributed by atoms with Gasteiger partial charge >= 0.3 is 23.5 Å². The number of carbonyl (C=O) groups is 3. The van der Waals surface area contributed by atoms with E-state index in [1.807, 2.05) is 0 Å². The number of carbonyl (C=O) groups excluding carboxylic acids is 3. The van der Waals surface area contributed by atoms with Gasteiger partial charge < -0.3 is 50.9 Å². The summed E-state index contributed by atoms with van der Waals surface area (Å²) in [7, 11) is -16.4. The highest BCUT2D eigenvalue weighted by atomic mass is 32.2. The molecule has 346 valence electrons. The van der Waals surface area contributed by atoms with E-state index in [-0.39, 0.29) is 41.6 Å². The lowest BCUT2D eigenvalue weighted by atomic mass is 9.87.